The Kier molecular flexibility index (Phi) is 3.58. The zero-order valence-corrected chi connectivity index (χ0v) is 11.7. The largest absolute Gasteiger partial charge is 0.346 e. The van der Waals surface area contributed by atoms with E-state index >= 15 is 0 Å². The quantitative estimate of drug-likeness (QED) is 0.917. The number of nitrogens with two attached hydrogens (primary N) is 1. The molecule has 1 fully saturated rings. The second kappa shape index (κ2) is 5.35. The van der Waals surface area contributed by atoms with Crippen LogP contribution >= 0.6 is 0 Å². The molecule has 3 nitrogen and oxygen atoms in total. The molecule has 0 bridgehead atoms. The lowest BCUT2D eigenvalue weighted by molar-refractivity contribution is 0.217. The molecule has 0 atom stereocenters. The van der Waals surface area contributed by atoms with Crippen molar-refractivity contribution >= 4 is 10.9 Å². The van der Waals surface area contributed by atoms with Crippen LogP contribution in [0.2, 0.25) is 0 Å². The first kappa shape index (κ1) is 12.7. The highest BCUT2D eigenvalue weighted by Crippen LogP contribution is 2.24. The predicted molar refractivity (Wildman–Crippen MR) is 79.9 cm³/mol. The van der Waals surface area contributed by atoms with Crippen molar-refractivity contribution in [2.75, 3.05) is 13.1 Å². The summed E-state index contributed by atoms with van der Waals surface area (Å²) in [4.78, 5) is 2.57. The number of piperidine rings is 1. The van der Waals surface area contributed by atoms with E-state index in [4.69, 9.17) is 5.73 Å². The summed E-state index contributed by atoms with van der Waals surface area (Å²) >= 11 is 0. The Hall–Kier alpha value is -1.32. The molecule has 0 spiro atoms. The standard InChI is InChI=1S/C16H23N3/c1-18-14(12-19-8-3-2-4-9-19)10-15-13(11-17)6-5-7-16(15)18/h5-7,10H,2-4,8-9,11-12,17H2,1H3. The molecule has 0 unspecified atom stereocenters. The van der Waals surface area contributed by atoms with Crippen molar-refractivity contribution in [2.24, 2.45) is 12.8 Å². The summed E-state index contributed by atoms with van der Waals surface area (Å²) in [7, 11) is 2.17. The minimum atomic E-state index is 0.616. The Bertz CT molecular complexity index is 565. The Morgan fingerprint density at radius 3 is 2.68 bits per heavy atom. The van der Waals surface area contributed by atoms with Crippen molar-refractivity contribution in [2.45, 2.75) is 32.4 Å². The van der Waals surface area contributed by atoms with Crippen LogP contribution in [-0.4, -0.2) is 22.6 Å². The molecule has 3 rings (SSSR count). The molecule has 1 aromatic heterocycles. The molecular weight excluding hydrogens is 234 g/mol. The summed E-state index contributed by atoms with van der Waals surface area (Å²) in [5.74, 6) is 0. The maximum atomic E-state index is 5.84. The smallest absolute Gasteiger partial charge is 0.0483 e. The lowest BCUT2D eigenvalue weighted by atomic mass is 10.1. The van der Waals surface area contributed by atoms with E-state index in [1.54, 1.807) is 0 Å². The van der Waals surface area contributed by atoms with E-state index < -0.39 is 0 Å². The molecule has 2 N–H and O–H groups in total. The van der Waals surface area contributed by atoms with Crippen LogP contribution in [0.3, 0.4) is 0 Å². The fourth-order valence-electron chi connectivity index (χ4n) is 3.15. The van der Waals surface area contributed by atoms with Crippen LogP contribution in [-0.2, 0) is 20.1 Å². The van der Waals surface area contributed by atoms with Crippen molar-refractivity contribution in [3.63, 3.8) is 0 Å². The maximum absolute atomic E-state index is 5.84. The topological polar surface area (TPSA) is 34.2 Å². The monoisotopic (exact) mass is 257 g/mol. The summed E-state index contributed by atoms with van der Waals surface area (Å²) in [6.45, 7) is 4.16. The Balaban J connectivity index is 1.93. The molecule has 1 aliphatic heterocycles. The summed E-state index contributed by atoms with van der Waals surface area (Å²) in [5.41, 5.74) is 9.79. The molecule has 0 aliphatic carbocycles. The highest BCUT2D eigenvalue weighted by atomic mass is 15.1. The number of hydrogen-bond acceptors (Lipinski definition) is 2. The molecule has 0 saturated carbocycles. The van der Waals surface area contributed by atoms with E-state index in [-0.39, 0.29) is 0 Å². The van der Waals surface area contributed by atoms with Crippen LogP contribution in [0.25, 0.3) is 10.9 Å². The number of fused-ring (bicyclic) bond motifs is 1. The average Bonchev–Trinajstić information content (AvgIpc) is 2.77. The number of aromatic nitrogens is 1. The third kappa shape index (κ3) is 2.40. The van der Waals surface area contributed by atoms with Crippen LogP contribution in [0.15, 0.2) is 24.3 Å². The van der Waals surface area contributed by atoms with E-state index in [0.29, 0.717) is 6.54 Å². The van der Waals surface area contributed by atoms with Crippen LogP contribution in [0.5, 0.6) is 0 Å². The van der Waals surface area contributed by atoms with E-state index in [2.05, 4.69) is 40.8 Å². The second-order valence-electron chi connectivity index (χ2n) is 5.59. The zero-order valence-electron chi connectivity index (χ0n) is 11.7. The van der Waals surface area contributed by atoms with Crippen LogP contribution in [0.1, 0.15) is 30.5 Å². The van der Waals surface area contributed by atoms with Gasteiger partial charge in [0.2, 0.25) is 0 Å². The molecule has 19 heavy (non-hydrogen) atoms. The molecule has 0 amide bonds. The van der Waals surface area contributed by atoms with Crippen LogP contribution < -0.4 is 5.73 Å². The van der Waals surface area contributed by atoms with E-state index in [9.17, 15) is 0 Å². The fraction of sp³-hybridized carbons (Fsp3) is 0.500. The zero-order chi connectivity index (χ0) is 13.2. The van der Waals surface area contributed by atoms with Gasteiger partial charge in [0.05, 0.1) is 0 Å². The third-order valence-corrected chi connectivity index (χ3v) is 4.33. The average molecular weight is 257 g/mol. The van der Waals surface area contributed by atoms with Gasteiger partial charge in [0.25, 0.3) is 0 Å². The lowest BCUT2D eigenvalue weighted by Gasteiger charge is -2.26. The van der Waals surface area contributed by atoms with Crippen molar-refractivity contribution in [1.82, 2.24) is 9.47 Å². The van der Waals surface area contributed by atoms with Gasteiger partial charge in [-0.1, -0.05) is 18.6 Å². The molecule has 0 radical (unpaired) electrons. The number of likely N-dealkylation sites (tertiary alicyclic amines) is 1. The molecule has 2 aromatic rings. The van der Waals surface area contributed by atoms with E-state index in [1.807, 2.05) is 0 Å². The van der Waals surface area contributed by atoms with Gasteiger partial charge in [0.15, 0.2) is 0 Å². The maximum Gasteiger partial charge on any atom is 0.0483 e. The number of rotatable bonds is 3. The van der Waals surface area contributed by atoms with Gasteiger partial charge in [-0.15, -0.1) is 0 Å². The van der Waals surface area contributed by atoms with Gasteiger partial charge in [0.1, 0.15) is 0 Å². The summed E-state index contributed by atoms with van der Waals surface area (Å²) in [5, 5.41) is 1.32. The van der Waals surface area contributed by atoms with Gasteiger partial charge < -0.3 is 10.3 Å². The van der Waals surface area contributed by atoms with Gasteiger partial charge in [-0.25, -0.2) is 0 Å². The van der Waals surface area contributed by atoms with Gasteiger partial charge in [-0.05, 0) is 43.6 Å². The molecule has 2 heterocycles. The first-order chi connectivity index (χ1) is 9.29. The molecule has 102 valence electrons. The van der Waals surface area contributed by atoms with Gasteiger partial charge in [0, 0.05) is 36.7 Å². The van der Waals surface area contributed by atoms with Crippen molar-refractivity contribution in [3.8, 4) is 0 Å². The minimum Gasteiger partial charge on any atom is -0.346 e. The third-order valence-electron chi connectivity index (χ3n) is 4.33. The summed E-state index contributed by atoms with van der Waals surface area (Å²) in [6, 6.07) is 8.75. The highest BCUT2D eigenvalue weighted by Gasteiger charge is 2.14. The number of nitrogens with zero attached hydrogens (tertiary/aromatic N) is 2. The predicted octanol–water partition coefficient (Wildman–Crippen LogP) is 2.62. The van der Waals surface area contributed by atoms with Gasteiger partial charge >= 0.3 is 0 Å². The Morgan fingerprint density at radius 1 is 1.16 bits per heavy atom. The van der Waals surface area contributed by atoms with E-state index in [0.717, 1.165) is 6.54 Å². The highest BCUT2D eigenvalue weighted by molar-refractivity contribution is 5.84. The summed E-state index contributed by atoms with van der Waals surface area (Å²) < 4.78 is 2.32. The van der Waals surface area contributed by atoms with Gasteiger partial charge in [-0.2, -0.15) is 0 Å². The number of aryl methyl sites for hydroxylation is 1. The van der Waals surface area contributed by atoms with Crippen molar-refractivity contribution < 1.29 is 0 Å². The Morgan fingerprint density at radius 2 is 1.95 bits per heavy atom. The van der Waals surface area contributed by atoms with Crippen molar-refractivity contribution in [3.05, 3.63) is 35.5 Å². The summed E-state index contributed by atoms with van der Waals surface area (Å²) in [6.07, 6.45) is 4.08. The number of hydrogen-bond donors (Lipinski definition) is 1. The van der Waals surface area contributed by atoms with Gasteiger partial charge in [-0.3, -0.25) is 4.90 Å². The first-order valence-electron chi connectivity index (χ1n) is 7.28. The SMILES string of the molecule is Cn1c(CN2CCCCC2)cc2c(CN)cccc21. The second-order valence-corrected chi connectivity index (χ2v) is 5.59. The number of benzene rings is 1. The normalized spacial score (nSPS) is 17.2. The van der Waals surface area contributed by atoms with Crippen LogP contribution in [0.4, 0.5) is 0 Å². The van der Waals surface area contributed by atoms with Crippen LogP contribution in [0, 0.1) is 0 Å². The molecule has 3 heteroatoms. The molecule has 1 aliphatic rings. The fourth-order valence-corrected chi connectivity index (χ4v) is 3.15. The lowest BCUT2D eigenvalue weighted by Crippen LogP contribution is -2.29. The minimum absolute atomic E-state index is 0.616. The van der Waals surface area contributed by atoms with Crippen molar-refractivity contribution in [1.29, 1.82) is 0 Å². The molecule has 1 saturated heterocycles. The molecular formula is C16H23N3. The Labute approximate surface area is 115 Å². The molecule has 1 aromatic carbocycles. The van der Waals surface area contributed by atoms with E-state index in [1.165, 1.54) is 54.5 Å². The first-order valence-corrected chi connectivity index (χ1v) is 7.28.